The SMILES string of the molecule is O=C(COC(=O)CCc1ccc(F)cc1)Nc1ccc(Cl)cc1F. The molecule has 0 unspecified atom stereocenters. The van der Waals surface area contributed by atoms with Crippen LogP contribution in [0.3, 0.4) is 0 Å². The van der Waals surface area contributed by atoms with Gasteiger partial charge in [0.1, 0.15) is 11.6 Å². The summed E-state index contributed by atoms with van der Waals surface area (Å²) in [6.07, 6.45) is 0.417. The summed E-state index contributed by atoms with van der Waals surface area (Å²) in [6.45, 7) is -0.523. The molecule has 0 aliphatic heterocycles. The van der Waals surface area contributed by atoms with Gasteiger partial charge in [-0.15, -0.1) is 0 Å². The van der Waals surface area contributed by atoms with Crippen LogP contribution in [0.4, 0.5) is 14.5 Å². The second kappa shape index (κ2) is 8.40. The van der Waals surface area contributed by atoms with Crippen LogP contribution in [-0.2, 0) is 20.7 Å². The van der Waals surface area contributed by atoms with Crippen molar-refractivity contribution in [2.45, 2.75) is 12.8 Å². The van der Waals surface area contributed by atoms with Crippen LogP contribution >= 0.6 is 11.6 Å². The Morgan fingerprint density at radius 3 is 2.46 bits per heavy atom. The number of benzene rings is 2. The normalized spacial score (nSPS) is 10.3. The van der Waals surface area contributed by atoms with Crippen LogP contribution in [0.15, 0.2) is 42.5 Å². The summed E-state index contributed by atoms with van der Waals surface area (Å²) in [6, 6.07) is 9.54. The lowest BCUT2D eigenvalue weighted by Gasteiger charge is -2.08. The maximum Gasteiger partial charge on any atom is 0.306 e. The number of ether oxygens (including phenoxy) is 1. The number of carbonyl (C=O) groups excluding carboxylic acids is 2. The van der Waals surface area contributed by atoms with Gasteiger partial charge in [0.2, 0.25) is 0 Å². The van der Waals surface area contributed by atoms with Crippen LogP contribution in [0.1, 0.15) is 12.0 Å². The zero-order valence-electron chi connectivity index (χ0n) is 12.5. The van der Waals surface area contributed by atoms with Crippen molar-refractivity contribution in [1.82, 2.24) is 0 Å². The zero-order valence-corrected chi connectivity index (χ0v) is 13.3. The van der Waals surface area contributed by atoms with Crippen molar-refractivity contribution < 1.29 is 23.1 Å². The Kier molecular flexibility index (Phi) is 6.26. The summed E-state index contributed by atoms with van der Waals surface area (Å²) < 4.78 is 31.1. The van der Waals surface area contributed by atoms with Gasteiger partial charge in [-0.25, -0.2) is 8.78 Å². The summed E-state index contributed by atoms with van der Waals surface area (Å²) in [5.74, 6) is -2.27. The molecule has 0 atom stereocenters. The fourth-order valence-corrected chi connectivity index (χ4v) is 2.05. The number of nitrogens with one attached hydrogen (secondary N) is 1. The Bertz CT molecular complexity index is 735. The van der Waals surface area contributed by atoms with E-state index in [1.165, 1.54) is 24.3 Å². The molecule has 0 spiro atoms. The number of anilines is 1. The van der Waals surface area contributed by atoms with Crippen LogP contribution in [0.5, 0.6) is 0 Å². The van der Waals surface area contributed by atoms with Crippen molar-refractivity contribution >= 4 is 29.2 Å². The summed E-state index contributed by atoms with van der Waals surface area (Å²) in [5, 5.41) is 2.49. The standard InChI is InChI=1S/C17H14ClF2NO3/c18-12-4-7-15(14(20)9-12)21-16(22)10-24-17(23)8-3-11-1-5-13(19)6-2-11/h1-2,4-7,9H,3,8,10H2,(H,21,22). The van der Waals surface area contributed by atoms with E-state index in [-0.39, 0.29) is 22.9 Å². The molecule has 2 rings (SSSR count). The van der Waals surface area contributed by atoms with Crippen molar-refractivity contribution in [3.63, 3.8) is 0 Å². The van der Waals surface area contributed by atoms with Crippen molar-refractivity contribution in [2.75, 3.05) is 11.9 Å². The van der Waals surface area contributed by atoms with Gasteiger partial charge in [0.25, 0.3) is 5.91 Å². The summed E-state index contributed by atoms with van der Waals surface area (Å²) in [7, 11) is 0. The molecule has 2 aromatic rings. The molecule has 0 saturated carbocycles. The molecule has 1 amide bonds. The van der Waals surface area contributed by atoms with Gasteiger partial charge in [-0.1, -0.05) is 23.7 Å². The number of aryl methyl sites for hydroxylation is 1. The average Bonchev–Trinajstić information content (AvgIpc) is 2.55. The van der Waals surface area contributed by atoms with Gasteiger partial charge in [-0.2, -0.15) is 0 Å². The highest BCUT2D eigenvalue weighted by atomic mass is 35.5. The highest BCUT2D eigenvalue weighted by Gasteiger charge is 2.11. The van der Waals surface area contributed by atoms with E-state index in [0.717, 1.165) is 11.6 Å². The van der Waals surface area contributed by atoms with E-state index in [9.17, 15) is 18.4 Å². The first-order chi connectivity index (χ1) is 11.4. The molecular weight excluding hydrogens is 340 g/mol. The van der Waals surface area contributed by atoms with Gasteiger partial charge in [0.05, 0.1) is 5.69 Å². The number of hydrogen-bond acceptors (Lipinski definition) is 3. The van der Waals surface area contributed by atoms with Crippen molar-refractivity contribution in [1.29, 1.82) is 0 Å². The Hall–Kier alpha value is -2.47. The fourth-order valence-electron chi connectivity index (χ4n) is 1.89. The van der Waals surface area contributed by atoms with Crippen molar-refractivity contribution in [3.8, 4) is 0 Å². The molecule has 24 heavy (non-hydrogen) atoms. The first kappa shape index (κ1) is 17.9. The maximum atomic E-state index is 13.5. The summed E-state index contributed by atoms with van der Waals surface area (Å²) >= 11 is 5.61. The average molecular weight is 354 g/mol. The number of hydrogen-bond donors (Lipinski definition) is 1. The Labute approximate surface area is 142 Å². The second-order valence-corrected chi connectivity index (χ2v) is 5.40. The Morgan fingerprint density at radius 1 is 1.08 bits per heavy atom. The lowest BCUT2D eigenvalue weighted by molar-refractivity contribution is -0.147. The second-order valence-electron chi connectivity index (χ2n) is 4.96. The molecular formula is C17H14ClF2NO3. The van der Waals surface area contributed by atoms with E-state index in [2.05, 4.69) is 5.32 Å². The topological polar surface area (TPSA) is 55.4 Å². The molecule has 0 fully saturated rings. The molecule has 0 aromatic heterocycles. The zero-order chi connectivity index (χ0) is 17.5. The van der Waals surface area contributed by atoms with Gasteiger partial charge in [-0.05, 0) is 42.3 Å². The predicted octanol–water partition coefficient (Wildman–Crippen LogP) is 3.73. The molecule has 2 aromatic carbocycles. The molecule has 0 heterocycles. The lowest BCUT2D eigenvalue weighted by atomic mass is 10.1. The van der Waals surface area contributed by atoms with E-state index >= 15 is 0 Å². The molecule has 1 N–H and O–H groups in total. The first-order valence-corrected chi connectivity index (χ1v) is 7.47. The third-order valence-electron chi connectivity index (χ3n) is 3.10. The van der Waals surface area contributed by atoms with Crippen LogP contribution < -0.4 is 5.32 Å². The smallest absolute Gasteiger partial charge is 0.306 e. The number of rotatable bonds is 6. The largest absolute Gasteiger partial charge is 0.456 e. The minimum absolute atomic E-state index is 0.0493. The van der Waals surface area contributed by atoms with Gasteiger partial charge in [0, 0.05) is 11.4 Å². The Balaban J connectivity index is 1.74. The van der Waals surface area contributed by atoms with Gasteiger partial charge in [-0.3, -0.25) is 9.59 Å². The molecule has 0 aliphatic carbocycles. The molecule has 0 aliphatic rings. The lowest BCUT2D eigenvalue weighted by Crippen LogP contribution is -2.21. The molecule has 126 valence electrons. The number of carbonyl (C=O) groups is 2. The number of halogens is 3. The molecule has 0 saturated heterocycles. The quantitative estimate of drug-likeness (QED) is 0.805. The van der Waals surface area contributed by atoms with Crippen LogP contribution in [0.2, 0.25) is 5.02 Å². The minimum Gasteiger partial charge on any atom is -0.456 e. The maximum absolute atomic E-state index is 13.5. The van der Waals surface area contributed by atoms with Gasteiger partial charge in [0.15, 0.2) is 6.61 Å². The first-order valence-electron chi connectivity index (χ1n) is 7.09. The van der Waals surface area contributed by atoms with Crippen LogP contribution in [0, 0.1) is 11.6 Å². The third kappa shape index (κ3) is 5.62. The van der Waals surface area contributed by atoms with Crippen molar-refractivity contribution in [3.05, 3.63) is 64.7 Å². The number of esters is 1. The molecule has 0 bridgehead atoms. The number of amides is 1. The summed E-state index contributed by atoms with van der Waals surface area (Å²) in [4.78, 5) is 23.2. The van der Waals surface area contributed by atoms with Gasteiger partial charge >= 0.3 is 5.97 Å². The van der Waals surface area contributed by atoms with E-state index < -0.39 is 24.3 Å². The van der Waals surface area contributed by atoms with Gasteiger partial charge < -0.3 is 10.1 Å². The predicted molar refractivity (Wildman–Crippen MR) is 85.7 cm³/mol. The van der Waals surface area contributed by atoms with Crippen LogP contribution in [0.25, 0.3) is 0 Å². The third-order valence-corrected chi connectivity index (χ3v) is 3.34. The van der Waals surface area contributed by atoms with E-state index in [1.807, 2.05) is 0 Å². The highest BCUT2D eigenvalue weighted by Crippen LogP contribution is 2.18. The Morgan fingerprint density at radius 2 is 1.79 bits per heavy atom. The van der Waals surface area contributed by atoms with E-state index in [4.69, 9.17) is 16.3 Å². The fraction of sp³-hybridized carbons (Fsp3) is 0.176. The summed E-state index contributed by atoms with van der Waals surface area (Å²) in [5.41, 5.74) is 0.729. The van der Waals surface area contributed by atoms with E-state index in [0.29, 0.717) is 6.42 Å². The monoisotopic (exact) mass is 353 g/mol. The van der Waals surface area contributed by atoms with Crippen molar-refractivity contribution in [2.24, 2.45) is 0 Å². The van der Waals surface area contributed by atoms with Crippen LogP contribution in [-0.4, -0.2) is 18.5 Å². The molecule has 0 radical (unpaired) electrons. The van der Waals surface area contributed by atoms with E-state index in [1.54, 1.807) is 12.1 Å². The highest BCUT2D eigenvalue weighted by molar-refractivity contribution is 6.30. The molecule has 7 heteroatoms. The minimum atomic E-state index is -0.682. The molecule has 4 nitrogen and oxygen atoms in total.